The quantitative estimate of drug-likeness (QED) is 0.519. The van der Waals surface area contributed by atoms with Gasteiger partial charge in [0.15, 0.2) is 0 Å². The summed E-state index contributed by atoms with van der Waals surface area (Å²) in [5.41, 5.74) is 0.365. The fourth-order valence-electron chi connectivity index (χ4n) is 5.86. The molecule has 4 aliphatic rings. The van der Waals surface area contributed by atoms with E-state index in [-0.39, 0.29) is 22.6 Å². The lowest BCUT2D eigenvalue weighted by Gasteiger charge is -2.56. The van der Waals surface area contributed by atoms with Crippen molar-refractivity contribution in [3.8, 4) is 0 Å². The van der Waals surface area contributed by atoms with E-state index in [0.29, 0.717) is 13.0 Å². The summed E-state index contributed by atoms with van der Waals surface area (Å²) in [5.74, 6) is 1.69. The number of rotatable bonds is 6. The van der Waals surface area contributed by atoms with Crippen LogP contribution >= 0.6 is 0 Å². The van der Waals surface area contributed by atoms with Gasteiger partial charge in [0.25, 0.3) is 0 Å². The van der Waals surface area contributed by atoms with Gasteiger partial charge in [-0.2, -0.15) is 0 Å². The molecule has 3 nitrogen and oxygen atoms in total. The standard InChI is InChI=1S/C21H34O3/c1-14(22)18(5-6-20(2,3)4)19(23)24-13-21-10-15-7-16(11-21)9-17(8-15)12-21/h15-18H,5-13H2,1-4H3. The third-order valence-electron chi connectivity index (χ3n) is 6.64. The second-order valence-corrected chi connectivity index (χ2v) is 10.3. The van der Waals surface area contributed by atoms with E-state index >= 15 is 0 Å². The summed E-state index contributed by atoms with van der Waals surface area (Å²) in [7, 11) is 0. The highest BCUT2D eigenvalue weighted by molar-refractivity contribution is 5.97. The molecule has 0 aliphatic heterocycles. The molecule has 4 saturated carbocycles. The van der Waals surface area contributed by atoms with Crippen molar-refractivity contribution in [2.45, 2.75) is 79.1 Å². The number of Topliss-reactive ketones (excluding diaryl/α,β-unsaturated/α-hetero) is 1. The van der Waals surface area contributed by atoms with Gasteiger partial charge in [-0.15, -0.1) is 0 Å². The summed E-state index contributed by atoms with van der Waals surface area (Å²) in [6, 6.07) is 0. The number of hydrogen-bond acceptors (Lipinski definition) is 3. The fourth-order valence-corrected chi connectivity index (χ4v) is 5.86. The Hall–Kier alpha value is -0.860. The molecule has 0 aromatic rings. The molecule has 0 radical (unpaired) electrons. The summed E-state index contributed by atoms with van der Waals surface area (Å²) in [5, 5.41) is 0. The zero-order chi connectivity index (χ0) is 17.5. The van der Waals surface area contributed by atoms with Crippen LogP contribution < -0.4 is 0 Å². The van der Waals surface area contributed by atoms with Crippen LogP contribution in [0, 0.1) is 34.5 Å². The lowest BCUT2D eigenvalue weighted by atomic mass is 9.50. The Kier molecular flexibility index (Phi) is 4.83. The molecule has 136 valence electrons. The second kappa shape index (κ2) is 6.46. The average molecular weight is 335 g/mol. The van der Waals surface area contributed by atoms with Crippen molar-refractivity contribution >= 4 is 11.8 Å². The summed E-state index contributed by atoms with van der Waals surface area (Å²) in [4.78, 5) is 24.5. The molecule has 4 bridgehead atoms. The van der Waals surface area contributed by atoms with Gasteiger partial charge < -0.3 is 4.74 Å². The van der Waals surface area contributed by atoms with Crippen molar-refractivity contribution in [2.24, 2.45) is 34.5 Å². The molecule has 4 aliphatic carbocycles. The molecule has 0 amide bonds. The maximum Gasteiger partial charge on any atom is 0.316 e. The van der Waals surface area contributed by atoms with E-state index in [2.05, 4.69) is 20.8 Å². The van der Waals surface area contributed by atoms with Crippen molar-refractivity contribution < 1.29 is 14.3 Å². The molecular formula is C21H34O3. The van der Waals surface area contributed by atoms with Crippen LogP contribution in [0.25, 0.3) is 0 Å². The summed E-state index contributed by atoms with van der Waals surface area (Å²) < 4.78 is 5.76. The maximum atomic E-state index is 12.6. The van der Waals surface area contributed by atoms with Crippen LogP contribution in [-0.4, -0.2) is 18.4 Å². The number of esters is 1. The van der Waals surface area contributed by atoms with Gasteiger partial charge in [0.05, 0.1) is 6.61 Å². The normalized spacial score (nSPS) is 35.8. The first-order valence-electron chi connectivity index (χ1n) is 9.83. The van der Waals surface area contributed by atoms with Crippen LogP contribution in [0.1, 0.15) is 79.1 Å². The number of carbonyl (C=O) groups excluding carboxylic acids is 2. The predicted molar refractivity (Wildman–Crippen MR) is 94.4 cm³/mol. The largest absolute Gasteiger partial charge is 0.465 e. The van der Waals surface area contributed by atoms with Gasteiger partial charge in [-0.25, -0.2) is 0 Å². The number of ether oxygens (including phenoxy) is 1. The zero-order valence-electron chi connectivity index (χ0n) is 15.9. The van der Waals surface area contributed by atoms with Crippen molar-refractivity contribution in [2.75, 3.05) is 6.61 Å². The van der Waals surface area contributed by atoms with Crippen molar-refractivity contribution in [3.05, 3.63) is 0 Å². The molecular weight excluding hydrogens is 300 g/mol. The smallest absolute Gasteiger partial charge is 0.316 e. The molecule has 4 rings (SSSR count). The highest BCUT2D eigenvalue weighted by Crippen LogP contribution is 2.60. The van der Waals surface area contributed by atoms with Crippen LogP contribution in [0.4, 0.5) is 0 Å². The Morgan fingerprint density at radius 3 is 1.96 bits per heavy atom. The van der Waals surface area contributed by atoms with E-state index in [4.69, 9.17) is 4.74 Å². The van der Waals surface area contributed by atoms with Gasteiger partial charge in [-0.3, -0.25) is 9.59 Å². The Morgan fingerprint density at radius 2 is 1.54 bits per heavy atom. The van der Waals surface area contributed by atoms with Crippen LogP contribution in [0.3, 0.4) is 0 Å². The Balaban J connectivity index is 1.56. The Morgan fingerprint density at radius 1 is 1.04 bits per heavy atom. The number of hydrogen-bond donors (Lipinski definition) is 0. The van der Waals surface area contributed by atoms with Gasteiger partial charge in [0.2, 0.25) is 0 Å². The number of ketones is 1. The Bertz CT molecular complexity index is 464. The van der Waals surface area contributed by atoms with E-state index < -0.39 is 5.92 Å². The SMILES string of the molecule is CC(=O)C(CCC(C)(C)C)C(=O)OCC12CC3CC(CC(C3)C1)C2. The Labute approximate surface area is 146 Å². The topological polar surface area (TPSA) is 43.4 Å². The fraction of sp³-hybridized carbons (Fsp3) is 0.905. The van der Waals surface area contributed by atoms with Gasteiger partial charge in [-0.1, -0.05) is 20.8 Å². The summed E-state index contributed by atoms with van der Waals surface area (Å²) >= 11 is 0. The van der Waals surface area contributed by atoms with Crippen molar-refractivity contribution in [1.82, 2.24) is 0 Å². The molecule has 4 fully saturated rings. The highest BCUT2D eigenvalue weighted by Gasteiger charge is 2.51. The summed E-state index contributed by atoms with van der Waals surface area (Å²) in [6.07, 6.45) is 9.37. The minimum absolute atomic E-state index is 0.0465. The molecule has 1 atom stereocenters. The minimum Gasteiger partial charge on any atom is -0.465 e. The first-order chi connectivity index (χ1) is 11.2. The maximum absolute atomic E-state index is 12.6. The first-order valence-corrected chi connectivity index (χ1v) is 9.83. The van der Waals surface area contributed by atoms with E-state index in [0.717, 1.165) is 24.2 Å². The third kappa shape index (κ3) is 4.03. The van der Waals surface area contributed by atoms with Gasteiger partial charge in [0, 0.05) is 5.41 Å². The lowest BCUT2D eigenvalue weighted by molar-refractivity contribution is -0.162. The third-order valence-corrected chi connectivity index (χ3v) is 6.64. The predicted octanol–water partition coefficient (Wildman–Crippen LogP) is 4.78. The average Bonchev–Trinajstić information content (AvgIpc) is 2.42. The van der Waals surface area contributed by atoms with Gasteiger partial charge >= 0.3 is 5.97 Å². The molecule has 24 heavy (non-hydrogen) atoms. The molecule has 0 spiro atoms. The number of carbonyl (C=O) groups is 2. The zero-order valence-corrected chi connectivity index (χ0v) is 15.9. The van der Waals surface area contributed by atoms with Crippen LogP contribution in [0.15, 0.2) is 0 Å². The van der Waals surface area contributed by atoms with E-state index in [1.807, 2.05) is 0 Å². The lowest BCUT2D eigenvalue weighted by Crippen LogP contribution is -2.48. The monoisotopic (exact) mass is 334 g/mol. The van der Waals surface area contributed by atoms with Crippen LogP contribution in [-0.2, 0) is 14.3 Å². The molecule has 1 unspecified atom stereocenters. The molecule has 0 aromatic heterocycles. The van der Waals surface area contributed by atoms with Gasteiger partial charge in [-0.05, 0) is 81.5 Å². The van der Waals surface area contributed by atoms with E-state index in [1.54, 1.807) is 0 Å². The van der Waals surface area contributed by atoms with Crippen molar-refractivity contribution in [3.63, 3.8) is 0 Å². The first kappa shape index (κ1) is 17.9. The second-order valence-electron chi connectivity index (χ2n) is 10.3. The van der Waals surface area contributed by atoms with Crippen LogP contribution in [0.5, 0.6) is 0 Å². The van der Waals surface area contributed by atoms with E-state index in [9.17, 15) is 9.59 Å². The summed E-state index contributed by atoms with van der Waals surface area (Å²) in [6.45, 7) is 8.51. The van der Waals surface area contributed by atoms with Crippen LogP contribution in [0.2, 0.25) is 0 Å². The molecule has 0 saturated heterocycles. The van der Waals surface area contributed by atoms with Gasteiger partial charge in [0.1, 0.15) is 11.7 Å². The molecule has 0 aromatic carbocycles. The van der Waals surface area contributed by atoms with E-state index in [1.165, 1.54) is 45.4 Å². The molecule has 0 N–H and O–H groups in total. The molecule has 0 heterocycles. The highest BCUT2D eigenvalue weighted by atomic mass is 16.5. The van der Waals surface area contributed by atoms with Crippen molar-refractivity contribution in [1.29, 1.82) is 0 Å². The minimum atomic E-state index is -0.571. The molecule has 3 heteroatoms.